The summed E-state index contributed by atoms with van der Waals surface area (Å²) in [5.74, 6) is 0.743. The molecule has 1 fully saturated rings. The zero-order valence-electron chi connectivity index (χ0n) is 13.8. The van der Waals surface area contributed by atoms with Gasteiger partial charge in [-0.15, -0.1) is 0 Å². The molecule has 2 rings (SSSR count). The van der Waals surface area contributed by atoms with Gasteiger partial charge >= 0.3 is 0 Å². The van der Waals surface area contributed by atoms with E-state index in [1.54, 1.807) is 0 Å². The molecule has 2 heterocycles. The maximum absolute atomic E-state index is 12.5. The van der Waals surface area contributed by atoms with Crippen LogP contribution in [0.3, 0.4) is 0 Å². The van der Waals surface area contributed by atoms with Gasteiger partial charge in [0.15, 0.2) is 5.76 Å². The number of aromatic nitrogens is 1. The summed E-state index contributed by atoms with van der Waals surface area (Å²) in [6.07, 6.45) is 2.50. The second-order valence-electron chi connectivity index (χ2n) is 6.85. The predicted octanol–water partition coefficient (Wildman–Crippen LogP) is 2.71. The molecule has 1 amide bonds. The van der Waals surface area contributed by atoms with Crippen LogP contribution in [0.4, 0.5) is 0 Å². The lowest BCUT2D eigenvalue weighted by Crippen LogP contribution is -2.50. The fraction of sp³-hybridized carbons (Fsp3) is 0.750. The van der Waals surface area contributed by atoms with Gasteiger partial charge < -0.3 is 9.84 Å². The molecule has 1 aliphatic heterocycles. The molecule has 1 aromatic rings. The average Bonchev–Trinajstić information content (AvgIpc) is 3.05. The number of amides is 1. The summed E-state index contributed by atoms with van der Waals surface area (Å²) in [4.78, 5) is 14.9. The average molecular weight is 293 g/mol. The van der Waals surface area contributed by atoms with Crippen LogP contribution in [0.15, 0.2) is 4.52 Å². The standard InChI is InChI=1S/C16H27N3O2/c1-11(2)14-13(12(3)18-21-14)15(20)17-10-16(4,5)19-8-6-7-9-19/h11H,6-10H2,1-5H3,(H,17,20). The second kappa shape index (κ2) is 6.18. The van der Waals surface area contributed by atoms with E-state index in [9.17, 15) is 4.79 Å². The molecule has 0 radical (unpaired) electrons. The van der Waals surface area contributed by atoms with Crippen molar-refractivity contribution in [2.45, 2.75) is 58.9 Å². The van der Waals surface area contributed by atoms with Crippen molar-refractivity contribution in [1.29, 1.82) is 0 Å². The summed E-state index contributed by atoms with van der Waals surface area (Å²) in [6.45, 7) is 13.1. The lowest BCUT2D eigenvalue weighted by Gasteiger charge is -2.35. The van der Waals surface area contributed by atoms with Gasteiger partial charge in [0.05, 0.1) is 5.69 Å². The molecule has 5 nitrogen and oxygen atoms in total. The molecule has 1 N–H and O–H groups in total. The van der Waals surface area contributed by atoms with Crippen molar-refractivity contribution >= 4 is 5.91 Å². The van der Waals surface area contributed by atoms with Crippen LogP contribution in [0.5, 0.6) is 0 Å². The van der Waals surface area contributed by atoms with Gasteiger partial charge in [-0.2, -0.15) is 0 Å². The van der Waals surface area contributed by atoms with E-state index in [-0.39, 0.29) is 17.4 Å². The van der Waals surface area contributed by atoms with Crippen molar-refractivity contribution < 1.29 is 9.32 Å². The fourth-order valence-corrected chi connectivity index (χ4v) is 2.88. The molecule has 0 atom stereocenters. The monoisotopic (exact) mass is 293 g/mol. The largest absolute Gasteiger partial charge is 0.360 e. The molecule has 0 saturated carbocycles. The predicted molar refractivity (Wildman–Crippen MR) is 82.5 cm³/mol. The number of nitrogens with one attached hydrogen (secondary N) is 1. The zero-order chi connectivity index (χ0) is 15.6. The minimum atomic E-state index is -0.0790. The first-order chi connectivity index (χ1) is 9.83. The summed E-state index contributed by atoms with van der Waals surface area (Å²) in [5, 5.41) is 6.99. The van der Waals surface area contributed by atoms with Gasteiger partial charge in [0.1, 0.15) is 5.56 Å². The molecular formula is C16H27N3O2. The number of carbonyl (C=O) groups excluding carboxylic acids is 1. The van der Waals surface area contributed by atoms with Crippen LogP contribution in [-0.2, 0) is 0 Å². The Balaban J connectivity index is 2.03. The van der Waals surface area contributed by atoms with Crippen LogP contribution in [-0.4, -0.2) is 41.1 Å². The van der Waals surface area contributed by atoms with Crippen molar-refractivity contribution in [3.8, 4) is 0 Å². The third-order valence-corrected chi connectivity index (χ3v) is 4.28. The molecule has 1 saturated heterocycles. The Labute approximate surface area is 127 Å². The minimum Gasteiger partial charge on any atom is -0.360 e. The maximum Gasteiger partial charge on any atom is 0.256 e. The van der Waals surface area contributed by atoms with Crippen LogP contribution in [0.2, 0.25) is 0 Å². The Hall–Kier alpha value is -1.36. The highest BCUT2D eigenvalue weighted by Crippen LogP contribution is 2.23. The molecule has 21 heavy (non-hydrogen) atoms. The van der Waals surface area contributed by atoms with Crippen molar-refractivity contribution in [3.63, 3.8) is 0 Å². The van der Waals surface area contributed by atoms with E-state index in [1.807, 2.05) is 20.8 Å². The van der Waals surface area contributed by atoms with Gasteiger partial charge in [-0.3, -0.25) is 9.69 Å². The van der Waals surface area contributed by atoms with Gasteiger partial charge in [0, 0.05) is 18.0 Å². The van der Waals surface area contributed by atoms with Crippen LogP contribution in [0.1, 0.15) is 68.3 Å². The quantitative estimate of drug-likeness (QED) is 0.907. The van der Waals surface area contributed by atoms with E-state index in [0.717, 1.165) is 13.1 Å². The topological polar surface area (TPSA) is 58.4 Å². The highest BCUT2D eigenvalue weighted by atomic mass is 16.5. The Morgan fingerprint density at radius 2 is 2.00 bits per heavy atom. The van der Waals surface area contributed by atoms with E-state index >= 15 is 0 Å². The summed E-state index contributed by atoms with van der Waals surface area (Å²) >= 11 is 0. The molecule has 0 aliphatic carbocycles. The van der Waals surface area contributed by atoms with Crippen molar-refractivity contribution in [2.75, 3.05) is 19.6 Å². The first-order valence-corrected chi connectivity index (χ1v) is 7.82. The van der Waals surface area contributed by atoms with Crippen molar-refractivity contribution in [3.05, 3.63) is 17.0 Å². The van der Waals surface area contributed by atoms with E-state index in [4.69, 9.17) is 4.52 Å². The smallest absolute Gasteiger partial charge is 0.256 e. The number of nitrogens with zero attached hydrogens (tertiary/aromatic N) is 2. The number of likely N-dealkylation sites (tertiary alicyclic amines) is 1. The van der Waals surface area contributed by atoms with Gasteiger partial charge in [0.25, 0.3) is 5.91 Å². The third kappa shape index (κ3) is 3.46. The summed E-state index contributed by atoms with van der Waals surface area (Å²) < 4.78 is 5.29. The zero-order valence-corrected chi connectivity index (χ0v) is 13.8. The molecule has 0 spiro atoms. The fourth-order valence-electron chi connectivity index (χ4n) is 2.88. The van der Waals surface area contributed by atoms with E-state index in [2.05, 4.69) is 29.2 Å². The van der Waals surface area contributed by atoms with Crippen LogP contribution >= 0.6 is 0 Å². The molecule has 1 aromatic heterocycles. The highest BCUT2D eigenvalue weighted by molar-refractivity contribution is 5.96. The first kappa shape index (κ1) is 16.0. The van der Waals surface area contributed by atoms with Gasteiger partial charge in [-0.1, -0.05) is 19.0 Å². The Morgan fingerprint density at radius 1 is 1.38 bits per heavy atom. The van der Waals surface area contributed by atoms with Crippen LogP contribution < -0.4 is 5.32 Å². The van der Waals surface area contributed by atoms with E-state index in [1.165, 1.54) is 12.8 Å². The Bertz CT molecular complexity index is 500. The first-order valence-electron chi connectivity index (χ1n) is 7.82. The van der Waals surface area contributed by atoms with E-state index in [0.29, 0.717) is 23.6 Å². The minimum absolute atomic E-state index is 0.0186. The number of carbonyl (C=O) groups is 1. The number of hydrogen-bond donors (Lipinski definition) is 1. The molecule has 118 valence electrons. The van der Waals surface area contributed by atoms with Crippen molar-refractivity contribution in [2.24, 2.45) is 0 Å². The Kier molecular flexibility index (Phi) is 4.71. The summed E-state index contributed by atoms with van der Waals surface area (Å²) in [5.41, 5.74) is 1.24. The normalized spacial score (nSPS) is 16.7. The van der Waals surface area contributed by atoms with Crippen LogP contribution in [0.25, 0.3) is 0 Å². The SMILES string of the molecule is Cc1noc(C(C)C)c1C(=O)NCC(C)(C)N1CCCC1. The Morgan fingerprint density at radius 3 is 2.57 bits per heavy atom. The lowest BCUT2D eigenvalue weighted by molar-refractivity contribution is 0.0899. The maximum atomic E-state index is 12.5. The van der Waals surface area contributed by atoms with E-state index < -0.39 is 0 Å². The highest BCUT2D eigenvalue weighted by Gasteiger charge is 2.30. The van der Waals surface area contributed by atoms with Crippen LogP contribution in [0, 0.1) is 6.92 Å². The number of rotatable bonds is 5. The summed E-state index contributed by atoms with van der Waals surface area (Å²) in [7, 11) is 0. The summed E-state index contributed by atoms with van der Waals surface area (Å²) in [6, 6.07) is 0. The van der Waals surface area contributed by atoms with Gasteiger partial charge in [-0.05, 0) is 46.7 Å². The van der Waals surface area contributed by atoms with Gasteiger partial charge in [0.2, 0.25) is 0 Å². The number of aryl methyl sites for hydroxylation is 1. The third-order valence-electron chi connectivity index (χ3n) is 4.28. The molecule has 0 bridgehead atoms. The molecule has 1 aliphatic rings. The molecule has 0 aromatic carbocycles. The van der Waals surface area contributed by atoms with Gasteiger partial charge in [-0.25, -0.2) is 0 Å². The molecule has 0 unspecified atom stereocenters. The molecular weight excluding hydrogens is 266 g/mol. The number of hydrogen-bond acceptors (Lipinski definition) is 4. The molecule has 5 heteroatoms. The van der Waals surface area contributed by atoms with Crippen molar-refractivity contribution in [1.82, 2.24) is 15.4 Å². The second-order valence-corrected chi connectivity index (χ2v) is 6.85. The lowest BCUT2D eigenvalue weighted by atomic mass is 10.0.